The zero-order chi connectivity index (χ0) is 15.4. The second-order valence-electron chi connectivity index (χ2n) is 5.12. The smallest absolute Gasteiger partial charge is 0.250 e. The van der Waals surface area contributed by atoms with Crippen LogP contribution in [0.15, 0.2) is 54.6 Å². The molecular formula is C17H18N2O3. The van der Waals surface area contributed by atoms with E-state index in [1.807, 2.05) is 42.5 Å². The Bertz CT molecular complexity index is 645. The molecule has 1 aliphatic heterocycles. The minimum absolute atomic E-state index is 0.0776. The van der Waals surface area contributed by atoms with E-state index in [0.29, 0.717) is 24.4 Å². The molecule has 1 heterocycles. The monoisotopic (exact) mass is 298 g/mol. The van der Waals surface area contributed by atoms with Crippen molar-refractivity contribution in [3.8, 4) is 0 Å². The van der Waals surface area contributed by atoms with Crippen LogP contribution < -0.4 is 11.1 Å². The first kappa shape index (κ1) is 14.6. The van der Waals surface area contributed by atoms with Gasteiger partial charge in [0.1, 0.15) is 6.10 Å². The summed E-state index contributed by atoms with van der Waals surface area (Å²) < 4.78 is 11.5. The Balaban J connectivity index is 1.59. The number of anilines is 1. The molecule has 0 radical (unpaired) electrons. The number of carbonyl (C=O) groups excluding carboxylic acids is 1. The summed E-state index contributed by atoms with van der Waals surface area (Å²) in [6.45, 7) is 1.05. The lowest BCUT2D eigenvalue weighted by molar-refractivity contribution is -0.0579. The van der Waals surface area contributed by atoms with Crippen LogP contribution in [0, 0.1) is 0 Å². The third-order valence-electron chi connectivity index (χ3n) is 3.53. The molecule has 5 nitrogen and oxygen atoms in total. The van der Waals surface area contributed by atoms with Gasteiger partial charge in [0, 0.05) is 17.8 Å². The van der Waals surface area contributed by atoms with Gasteiger partial charge in [0.2, 0.25) is 0 Å². The van der Waals surface area contributed by atoms with Crippen LogP contribution in [0.2, 0.25) is 0 Å². The number of nitrogens with two attached hydrogens (primary N) is 1. The van der Waals surface area contributed by atoms with Crippen LogP contribution in [-0.2, 0) is 9.47 Å². The highest BCUT2D eigenvalue weighted by Gasteiger charge is 2.27. The summed E-state index contributed by atoms with van der Waals surface area (Å²) in [6.07, 6.45) is -0.412. The SMILES string of the molecule is NC(=O)c1ccccc1NC[C@H]1COC(c2ccccc2)O1. The highest BCUT2D eigenvalue weighted by molar-refractivity contribution is 5.98. The molecule has 0 bridgehead atoms. The van der Waals surface area contributed by atoms with Gasteiger partial charge in [0.15, 0.2) is 6.29 Å². The molecule has 3 rings (SSSR count). The van der Waals surface area contributed by atoms with Crippen molar-refractivity contribution >= 4 is 11.6 Å². The Hall–Kier alpha value is -2.37. The van der Waals surface area contributed by atoms with Crippen LogP contribution in [0.3, 0.4) is 0 Å². The van der Waals surface area contributed by atoms with E-state index in [1.54, 1.807) is 12.1 Å². The molecule has 2 atom stereocenters. The molecule has 1 unspecified atom stereocenters. The molecule has 2 aromatic carbocycles. The van der Waals surface area contributed by atoms with Crippen molar-refractivity contribution < 1.29 is 14.3 Å². The number of para-hydroxylation sites is 1. The molecule has 0 saturated carbocycles. The van der Waals surface area contributed by atoms with Crippen LogP contribution in [0.25, 0.3) is 0 Å². The fraction of sp³-hybridized carbons (Fsp3) is 0.235. The van der Waals surface area contributed by atoms with E-state index in [0.717, 1.165) is 5.56 Å². The van der Waals surface area contributed by atoms with Gasteiger partial charge in [-0.1, -0.05) is 42.5 Å². The van der Waals surface area contributed by atoms with Crippen molar-refractivity contribution in [2.75, 3.05) is 18.5 Å². The van der Waals surface area contributed by atoms with Crippen LogP contribution in [0.4, 0.5) is 5.69 Å². The average molecular weight is 298 g/mol. The number of hydrogen-bond donors (Lipinski definition) is 2. The molecule has 1 amide bonds. The molecule has 1 fully saturated rings. The average Bonchev–Trinajstić information content (AvgIpc) is 3.03. The number of ether oxygens (including phenoxy) is 2. The van der Waals surface area contributed by atoms with E-state index in [4.69, 9.17) is 15.2 Å². The van der Waals surface area contributed by atoms with Gasteiger partial charge in [-0.05, 0) is 12.1 Å². The molecule has 3 N–H and O–H groups in total. The van der Waals surface area contributed by atoms with E-state index in [-0.39, 0.29) is 12.4 Å². The second kappa shape index (κ2) is 6.60. The molecule has 2 aromatic rings. The normalized spacial score (nSPS) is 20.7. The van der Waals surface area contributed by atoms with Crippen LogP contribution >= 0.6 is 0 Å². The molecule has 0 aliphatic carbocycles. The molecule has 22 heavy (non-hydrogen) atoms. The topological polar surface area (TPSA) is 73.6 Å². The third-order valence-corrected chi connectivity index (χ3v) is 3.53. The predicted octanol–water partition coefficient (Wildman–Crippen LogP) is 2.31. The number of rotatable bonds is 5. The van der Waals surface area contributed by atoms with Crippen molar-refractivity contribution in [3.63, 3.8) is 0 Å². The number of primary amides is 1. The van der Waals surface area contributed by atoms with Crippen molar-refractivity contribution in [2.45, 2.75) is 12.4 Å². The summed E-state index contributed by atoms with van der Waals surface area (Å²) in [5.74, 6) is -0.450. The minimum atomic E-state index is -0.450. The highest BCUT2D eigenvalue weighted by atomic mass is 16.7. The van der Waals surface area contributed by atoms with E-state index < -0.39 is 5.91 Å². The van der Waals surface area contributed by atoms with Gasteiger partial charge in [-0.2, -0.15) is 0 Å². The molecule has 1 saturated heterocycles. The van der Waals surface area contributed by atoms with Gasteiger partial charge >= 0.3 is 0 Å². The lowest BCUT2D eigenvalue weighted by atomic mass is 10.1. The fourth-order valence-electron chi connectivity index (χ4n) is 2.42. The van der Waals surface area contributed by atoms with Crippen LogP contribution in [-0.4, -0.2) is 25.2 Å². The summed E-state index contributed by atoms with van der Waals surface area (Å²) in [5.41, 5.74) is 7.55. The van der Waals surface area contributed by atoms with Crippen molar-refractivity contribution in [3.05, 3.63) is 65.7 Å². The number of hydrogen-bond acceptors (Lipinski definition) is 4. The van der Waals surface area contributed by atoms with E-state index in [2.05, 4.69) is 5.32 Å². The maximum absolute atomic E-state index is 11.4. The summed E-state index contributed by atoms with van der Waals surface area (Å²) >= 11 is 0. The minimum Gasteiger partial charge on any atom is -0.382 e. The summed E-state index contributed by atoms with van der Waals surface area (Å²) in [4.78, 5) is 11.4. The largest absolute Gasteiger partial charge is 0.382 e. The highest BCUT2D eigenvalue weighted by Crippen LogP contribution is 2.27. The van der Waals surface area contributed by atoms with E-state index >= 15 is 0 Å². The first-order valence-electron chi connectivity index (χ1n) is 7.19. The van der Waals surface area contributed by atoms with Crippen molar-refractivity contribution in [1.82, 2.24) is 0 Å². The van der Waals surface area contributed by atoms with Gasteiger partial charge in [-0.15, -0.1) is 0 Å². The Morgan fingerprint density at radius 3 is 2.64 bits per heavy atom. The molecule has 0 aromatic heterocycles. The van der Waals surface area contributed by atoms with Gasteiger partial charge in [-0.3, -0.25) is 4.79 Å². The third kappa shape index (κ3) is 3.27. The van der Waals surface area contributed by atoms with Crippen LogP contribution in [0.1, 0.15) is 22.2 Å². The fourth-order valence-corrected chi connectivity index (χ4v) is 2.42. The van der Waals surface area contributed by atoms with Gasteiger partial charge in [-0.25, -0.2) is 0 Å². The summed E-state index contributed by atoms with van der Waals surface area (Å²) in [7, 11) is 0. The lowest BCUT2D eigenvalue weighted by Crippen LogP contribution is -2.23. The number of nitrogens with one attached hydrogen (secondary N) is 1. The summed E-state index contributed by atoms with van der Waals surface area (Å²) in [5, 5.41) is 3.20. The van der Waals surface area contributed by atoms with Crippen LogP contribution in [0.5, 0.6) is 0 Å². The van der Waals surface area contributed by atoms with E-state index in [1.165, 1.54) is 0 Å². The summed E-state index contributed by atoms with van der Waals surface area (Å²) in [6, 6.07) is 17.0. The zero-order valence-corrected chi connectivity index (χ0v) is 12.1. The van der Waals surface area contributed by atoms with Gasteiger partial charge < -0.3 is 20.5 Å². The Labute approximate surface area is 129 Å². The molecular weight excluding hydrogens is 280 g/mol. The number of amides is 1. The number of carbonyl (C=O) groups is 1. The quantitative estimate of drug-likeness (QED) is 0.888. The van der Waals surface area contributed by atoms with Gasteiger partial charge in [0.05, 0.1) is 12.2 Å². The Morgan fingerprint density at radius 1 is 1.14 bits per heavy atom. The standard InChI is InChI=1S/C17H18N2O3/c18-16(20)14-8-4-5-9-15(14)19-10-13-11-21-17(22-13)12-6-2-1-3-7-12/h1-9,13,17,19H,10-11H2,(H2,18,20)/t13-,17?/m0/s1. The zero-order valence-electron chi connectivity index (χ0n) is 12.1. The van der Waals surface area contributed by atoms with E-state index in [9.17, 15) is 4.79 Å². The maximum Gasteiger partial charge on any atom is 0.250 e. The predicted molar refractivity (Wildman–Crippen MR) is 83.5 cm³/mol. The Morgan fingerprint density at radius 2 is 1.86 bits per heavy atom. The second-order valence-corrected chi connectivity index (χ2v) is 5.12. The molecule has 1 aliphatic rings. The maximum atomic E-state index is 11.4. The van der Waals surface area contributed by atoms with Crippen molar-refractivity contribution in [1.29, 1.82) is 0 Å². The Kier molecular flexibility index (Phi) is 4.37. The molecule has 5 heteroatoms. The molecule has 0 spiro atoms. The first-order valence-corrected chi connectivity index (χ1v) is 7.19. The van der Waals surface area contributed by atoms with Crippen molar-refractivity contribution in [2.24, 2.45) is 5.73 Å². The van der Waals surface area contributed by atoms with Gasteiger partial charge in [0.25, 0.3) is 5.91 Å². The first-order chi connectivity index (χ1) is 10.7. The lowest BCUT2D eigenvalue weighted by Gasteiger charge is -2.14. The molecule has 114 valence electrons. The number of benzene rings is 2.